The molecule has 0 aliphatic heterocycles. The zero-order valence-electron chi connectivity index (χ0n) is 18.7. The van der Waals surface area contributed by atoms with Gasteiger partial charge in [0.25, 0.3) is 0 Å². The molecule has 1 aliphatic carbocycles. The smallest absolute Gasteiger partial charge is 0.131 e. The maximum absolute atomic E-state index is 9.07. The molecule has 1 atom stereocenters. The molecule has 0 saturated heterocycles. The number of hydrogen-bond donors (Lipinski definition) is 2. The van der Waals surface area contributed by atoms with Crippen LogP contribution in [0.1, 0.15) is 20.3 Å². The molecule has 0 amide bonds. The van der Waals surface area contributed by atoms with E-state index in [0.29, 0.717) is 32.0 Å². The number of methoxy groups -OCH3 is 1. The van der Waals surface area contributed by atoms with Crippen LogP contribution in [0.15, 0.2) is 48.2 Å². The van der Waals surface area contributed by atoms with Crippen molar-refractivity contribution in [2.24, 2.45) is 0 Å². The van der Waals surface area contributed by atoms with Gasteiger partial charge in [-0.05, 0) is 37.8 Å². The zero-order chi connectivity index (χ0) is 22.5. The summed E-state index contributed by atoms with van der Waals surface area (Å²) in [6.07, 6.45) is 12.6. The van der Waals surface area contributed by atoms with Gasteiger partial charge in [-0.15, -0.1) is 0 Å². The zero-order valence-corrected chi connectivity index (χ0v) is 19.4. The Morgan fingerprint density at radius 2 is 2.23 bits per heavy atom. The average Bonchev–Trinajstić information content (AvgIpc) is 2.97. The molecule has 1 heterocycles. The maximum atomic E-state index is 9.07. The molecule has 1 aliphatic rings. The summed E-state index contributed by atoms with van der Waals surface area (Å²) in [6, 6.07) is 3.95. The lowest BCUT2D eigenvalue weighted by Crippen LogP contribution is -2.30. The Bertz CT molecular complexity index is 896. The number of aliphatic hydroxyl groups excluding tert-OH is 1. The van der Waals surface area contributed by atoms with Crippen molar-refractivity contribution in [3.05, 3.63) is 58.8 Å². The molecule has 0 aromatic carbocycles. The second kappa shape index (κ2) is 14.2. The van der Waals surface area contributed by atoms with Crippen LogP contribution in [0.2, 0.25) is 0 Å². The monoisotopic (exact) mass is 447 g/mol. The standard InChI is InChI=1S/C24H34ClN3O3/c1-4-28(14-16-29)15-18-31-17-13-21(11-9-19(2)30-3)26-23-12-10-20-7-5-6-8-22(25)24(20)27-23/h5-7,9-13,19,29H,4,8,14-18H2,1-3H3,(H,26,27)/b11-9-,21-13+. The lowest BCUT2D eigenvalue weighted by molar-refractivity contribution is 0.115. The fourth-order valence-corrected chi connectivity index (χ4v) is 3.19. The fraction of sp³-hybridized carbons (Fsp3) is 0.458. The number of aromatic nitrogens is 1. The number of likely N-dealkylation sites (N-methyl/N-ethyl adjacent to an activating group) is 1. The lowest BCUT2D eigenvalue weighted by atomic mass is 10.2. The van der Waals surface area contributed by atoms with Crippen LogP contribution >= 0.6 is 11.6 Å². The van der Waals surface area contributed by atoms with Crippen molar-refractivity contribution in [1.29, 1.82) is 0 Å². The number of pyridine rings is 1. The Morgan fingerprint density at radius 3 is 2.97 bits per heavy atom. The highest BCUT2D eigenvalue weighted by molar-refractivity contribution is 6.45. The molecular weight excluding hydrogens is 414 g/mol. The lowest BCUT2D eigenvalue weighted by Gasteiger charge is -2.18. The van der Waals surface area contributed by atoms with Crippen LogP contribution in [-0.4, -0.2) is 67.7 Å². The van der Waals surface area contributed by atoms with E-state index in [1.54, 1.807) is 7.11 Å². The number of nitrogens with zero attached hydrogens (tertiary/aromatic N) is 2. The van der Waals surface area contributed by atoms with Crippen molar-refractivity contribution < 1.29 is 14.6 Å². The fourth-order valence-electron chi connectivity index (χ4n) is 2.95. The van der Waals surface area contributed by atoms with Crippen LogP contribution in [0.5, 0.6) is 0 Å². The number of ether oxygens (including phenoxy) is 2. The summed E-state index contributed by atoms with van der Waals surface area (Å²) in [7, 11) is 1.68. The largest absolute Gasteiger partial charge is 0.395 e. The van der Waals surface area contributed by atoms with Gasteiger partial charge < -0.3 is 19.9 Å². The number of hydrogen-bond acceptors (Lipinski definition) is 6. The second-order valence-electron chi connectivity index (χ2n) is 7.16. The summed E-state index contributed by atoms with van der Waals surface area (Å²) in [4.78, 5) is 6.86. The van der Waals surface area contributed by atoms with Crippen LogP contribution in [-0.2, 0) is 9.47 Å². The third-order valence-corrected chi connectivity index (χ3v) is 5.25. The van der Waals surface area contributed by atoms with E-state index in [0.717, 1.165) is 34.4 Å². The molecule has 0 bridgehead atoms. The predicted octanol–water partition coefficient (Wildman–Crippen LogP) is 2.39. The molecule has 6 nitrogen and oxygen atoms in total. The number of nitrogens with one attached hydrogen (secondary N) is 1. The normalized spacial score (nSPS) is 15.2. The van der Waals surface area contributed by atoms with Crippen LogP contribution in [0.25, 0.3) is 11.1 Å². The quantitative estimate of drug-likeness (QED) is 0.357. The number of fused-ring (bicyclic) bond motifs is 1. The van der Waals surface area contributed by atoms with Gasteiger partial charge in [-0.25, -0.2) is 4.98 Å². The number of anilines is 1. The minimum absolute atomic E-state index is 0.00818. The summed E-state index contributed by atoms with van der Waals surface area (Å²) in [5, 5.41) is 15.0. The summed E-state index contributed by atoms with van der Waals surface area (Å²) >= 11 is 6.43. The molecule has 1 aromatic heterocycles. The van der Waals surface area contributed by atoms with Crippen molar-refractivity contribution in [2.45, 2.75) is 26.4 Å². The maximum Gasteiger partial charge on any atom is 0.131 e. The first-order valence-electron chi connectivity index (χ1n) is 10.7. The first kappa shape index (κ1) is 25.3. The highest BCUT2D eigenvalue weighted by Crippen LogP contribution is 2.10. The van der Waals surface area contributed by atoms with Gasteiger partial charge in [0, 0.05) is 42.6 Å². The third kappa shape index (κ3) is 8.97. The molecule has 1 aromatic rings. The van der Waals surface area contributed by atoms with Gasteiger partial charge in [-0.2, -0.15) is 0 Å². The molecule has 0 fully saturated rings. The van der Waals surface area contributed by atoms with E-state index in [1.165, 1.54) is 0 Å². The summed E-state index contributed by atoms with van der Waals surface area (Å²) in [5.41, 5.74) is 0.867. The van der Waals surface area contributed by atoms with E-state index in [4.69, 9.17) is 31.2 Å². The van der Waals surface area contributed by atoms with Crippen LogP contribution in [0.3, 0.4) is 0 Å². The average molecular weight is 448 g/mol. The molecule has 0 saturated carbocycles. The van der Waals surface area contributed by atoms with Crippen molar-refractivity contribution in [1.82, 2.24) is 9.88 Å². The van der Waals surface area contributed by atoms with Gasteiger partial charge >= 0.3 is 0 Å². The van der Waals surface area contributed by atoms with E-state index >= 15 is 0 Å². The SMILES string of the molecule is CCN(CCO)CCOC/C=C(\C=C/C(C)OC)Nc1ccc2c(n1)=C(Cl)CC=CC=2. The minimum Gasteiger partial charge on any atom is -0.395 e. The first-order valence-corrected chi connectivity index (χ1v) is 11.1. The Hall–Kier alpha value is -1.96. The number of rotatable bonds is 13. The minimum atomic E-state index is -0.00818. The topological polar surface area (TPSA) is 66.9 Å². The Balaban J connectivity index is 2.08. The molecule has 0 spiro atoms. The molecule has 170 valence electrons. The summed E-state index contributed by atoms with van der Waals surface area (Å²) < 4.78 is 11.1. The Morgan fingerprint density at radius 1 is 1.39 bits per heavy atom. The van der Waals surface area contributed by atoms with Gasteiger partial charge in [-0.1, -0.05) is 42.8 Å². The van der Waals surface area contributed by atoms with Gasteiger partial charge in [0.05, 0.1) is 31.3 Å². The molecular formula is C24H34ClN3O3. The number of aliphatic hydroxyl groups is 1. The van der Waals surface area contributed by atoms with E-state index in [2.05, 4.69) is 17.1 Å². The predicted molar refractivity (Wildman–Crippen MR) is 128 cm³/mol. The molecule has 0 radical (unpaired) electrons. The number of halogens is 1. The van der Waals surface area contributed by atoms with Gasteiger partial charge in [0.15, 0.2) is 0 Å². The summed E-state index contributed by atoms with van der Waals surface area (Å²) in [6.45, 7) is 7.61. The van der Waals surface area contributed by atoms with Crippen molar-refractivity contribution in [3.63, 3.8) is 0 Å². The van der Waals surface area contributed by atoms with Crippen LogP contribution in [0.4, 0.5) is 5.82 Å². The van der Waals surface area contributed by atoms with Crippen LogP contribution < -0.4 is 15.9 Å². The van der Waals surface area contributed by atoms with E-state index < -0.39 is 0 Å². The van der Waals surface area contributed by atoms with Crippen molar-refractivity contribution >= 4 is 28.5 Å². The Labute approximate surface area is 190 Å². The summed E-state index contributed by atoms with van der Waals surface area (Å²) in [5.74, 6) is 0.716. The van der Waals surface area contributed by atoms with E-state index in [1.807, 2.05) is 55.5 Å². The Kier molecular flexibility index (Phi) is 11.6. The third-order valence-electron chi connectivity index (χ3n) is 4.92. The van der Waals surface area contributed by atoms with E-state index in [9.17, 15) is 0 Å². The van der Waals surface area contributed by atoms with Crippen molar-refractivity contribution in [2.75, 3.05) is 51.9 Å². The molecule has 7 heteroatoms. The first-order chi connectivity index (χ1) is 15.1. The highest BCUT2D eigenvalue weighted by Gasteiger charge is 2.04. The van der Waals surface area contributed by atoms with E-state index in [-0.39, 0.29) is 12.7 Å². The molecule has 1 unspecified atom stereocenters. The van der Waals surface area contributed by atoms with Crippen LogP contribution in [0, 0.1) is 0 Å². The van der Waals surface area contributed by atoms with Gasteiger partial charge in [0.2, 0.25) is 0 Å². The van der Waals surface area contributed by atoms with Crippen molar-refractivity contribution in [3.8, 4) is 0 Å². The second-order valence-corrected chi connectivity index (χ2v) is 7.61. The molecule has 2 rings (SSSR count). The van der Waals surface area contributed by atoms with Gasteiger partial charge in [0.1, 0.15) is 5.82 Å². The molecule has 31 heavy (non-hydrogen) atoms. The van der Waals surface area contributed by atoms with Gasteiger partial charge in [-0.3, -0.25) is 4.90 Å². The molecule has 2 N–H and O–H groups in total. The number of allylic oxidation sites excluding steroid dienone is 3. The highest BCUT2D eigenvalue weighted by atomic mass is 35.5.